The van der Waals surface area contributed by atoms with Crippen molar-refractivity contribution < 1.29 is 33.3 Å². The molecule has 0 saturated heterocycles. The maximum absolute atomic E-state index is 13.6. The topological polar surface area (TPSA) is 27.4 Å². The molecular formula is C32H34IN3O. The molecule has 0 atom stereocenters. The third-order valence-corrected chi connectivity index (χ3v) is 7.24. The monoisotopic (exact) mass is 603 g/mol. The maximum Gasteiger partial charge on any atom is 0.212 e. The predicted molar refractivity (Wildman–Crippen MR) is 149 cm³/mol. The van der Waals surface area contributed by atoms with Crippen LogP contribution in [0.2, 0.25) is 0 Å². The zero-order valence-corrected chi connectivity index (χ0v) is 24.2. The van der Waals surface area contributed by atoms with Crippen molar-refractivity contribution in [3.8, 4) is 0 Å². The van der Waals surface area contributed by atoms with Crippen LogP contribution in [0.25, 0.3) is 23.1 Å². The van der Waals surface area contributed by atoms with Crippen molar-refractivity contribution in [1.82, 2.24) is 4.90 Å². The molecule has 37 heavy (non-hydrogen) atoms. The SMILES string of the molecule is CCN(CC)C1=C(/C=C2\C=Cc3ccccc3N2CC)C(=O)/C1=C/c1ccc2ccccc2[n+]1CC.[I-]. The molecule has 0 saturated carbocycles. The van der Waals surface area contributed by atoms with Crippen LogP contribution in [0.5, 0.6) is 0 Å². The zero-order valence-electron chi connectivity index (χ0n) is 22.0. The number of aromatic nitrogens is 1. The molecule has 0 fully saturated rings. The van der Waals surface area contributed by atoms with Gasteiger partial charge in [-0.05, 0) is 63.6 Å². The highest BCUT2D eigenvalue weighted by molar-refractivity contribution is 6.23. The first-order valence-corrected chi connectivity index (χ1v) is 13.0. The molecule has 0 bridgehead atoms. The normalized spacial score (nSPS) is 16.8. The highest BCUT2D eigenvalue weighted by Gasteiger charge is 2.36. The summed E-state index contributed by atoms with van der Waals surface area (Å²) < 4.78 is 2.28. The fourth-order valence-electron chi connectivity index (χ4n) is 5.40. The molecule has 2 heterocycles. The number of hydrogen-bond donors (Lipinski definition) is 0. The molecule has 0 unspecified atom stereocenters. The minimum atomic E-state index is 0. The Bertz CT molecular complexity index is 1460. The molecule has 2 aromatic carbocycles. The fourth-order valence-corrected chi connectivity index (χ4v) is 5.40. The summed E-state index contributed by atoms with van der Waals surface area (Å²) >= 11 is 0. The second-order valence-corrected chi connectivity index (χ2v) is 9.09. The molecule has 1 aromatic heterocycles. The number of benzene rings is 2. The third kappa shape index (κ3) is 4.77. The predicted octanol–water partition coefficient (Wildman–Crippen LogP) is 3.15. The van der Waals surface area contributed by atoms with E-state index in [4.69, 9.17) is 0 Å². The van der Waals surface area contributed by atoms with Gasteiger partial charge in [-0.2, -0.15) is 4.57 Å². The lowest BCUT2D eigenvalue weighted by atomic mass is 9.83. The first kappa shape index (κ1) is 26.9. The molecule has 5 rings (SSSR count). The van der Waals surface area contributed by atoms with Gasteiger partial charge in [-0.15, -0.1) is 0 Å². The number of likely N-dealkylation sites (N-methyl/N-ethyl adjacent to an activating group) is 2. The van der Waals surface area contributed by atoms with Gasteiger partial charge in [0, 0.05) is 60.2 Å². The largest absolute Gasteiger partial charge is 1.00 e. The number of anilines is 1. The summed E-state index contributed by atoms with van der Waals surface area (Å²) in [6.07, 6.45) is 8.43. The number of nitrogens with zero attached hydrogens (tertiary/aromatic N) is 3. The lowest BCUT2D eigenvalue weighted by Gasteiger charge is -2.35. The van der Waals surface area contributed by atoms with Crippen LogP contribution in [0.4, 0.5) is 5.69 Å². The van der Waals surface area contributed by atoms with Crippen LogP contribution in [0.1, 0.15) is 39.0 Å². The van der Waals surface area contributed by atoms with Gasteiger partial charge in [0.25, 0.3) is 0 Å². The van der Waals surface area contributed by atoms with Crippen molar-refractivity contribution >= 4 is 34.5 Å². The molecule has 2 aliphatic rings. The van der Waals surface area contributed by atoms with E-state index in [-0.39, 0.29) is 29.8 Å². The Morgan fingerprint density at radius 2 is 1.59 bits per heavy atom. The molecule has 1 aliphatic heterocycles. The number of hydrogen-bond acceptors (Lipinski definition) is 3. The highest BCUT2D eigenvalue weighted by Crippen LogP contribution is 2.38. The first-order valence-electron chi connectivity index (χ1n) is 13.0. The first-order chi connectivity index (χ1) is 17.6. The van der Waals surface area contributed by atoms with Gasteiger partial charge in [-0.25, -0.2) is 0 Å². The van der Waals surface area contributed by atoms with Gasteiger partial charge in [-0.3, -0.25) is 4.79 Å². The Morgan fingerprint density at radius 3 is 2.32 bits per heavy atom. The minimum Gasteiger partial charge on any atom is -1.00 e. The second-order valence-electron chi connectivity index (χ2n) is 9.09. The number of allylic oxidation sites excluding steroid dienone is 4. The van der Waals surface area contributed by atoms with E-state index in [9.17, 15) is 4.79 Å². The van der Waals surface area contributed by atoms with Crippen LogP contribution in [-0.4, -0.2) is 30.3 Å². The highest BCUT2D eigenvalue weighted by atomic mass is 127. The van der Waals surface area contributed by atoms with E-state index in [1.54, 1.807) is 0 Å². The van der Waals surface area contributed by atoms with Gasteiger partial charge in [0.1, 0.15) is 6.54 Å². The molecule has 4 nitrogen and oxygen atoms in total. The smallest absolute Gasteiger partial charge is 0.212 e. The summed E-state index contributed by atoms with van der Waals surface area (Å²) in [6, 6.07) is 21.1. The van der Waals surface area contributed by atoms with Crippen LogP contribution < -0.4 is 33.4 Å². The Balaban J connectivity index is 0.00000320. The summed E-state index contributed by atoms with van der Waals surface area (Å²) in [5.41, 5.74) is 8.32. The molecule has 190 valence electrons. The Kier molecular flexibility index (Phi) is 8.32. The van der Waals surface area contributed by atoms with E-state index in [1.165, 1.54) is 22.2 Å². The number of fused-ring (bicyclic) bond motifs is 2. The van der Waals surface area contributed by atoms with Gasteiger partial charge >= 0.3 is 0 Å². The molecule has 0 radical (unpaired) electrons. The minimum absolute atomic E-state index is 0. The van der Waals surface area contributed by atoms with E-state index in [2.05, 4.69) is 127 Å². The molecule has 5 heteroatoms. The molecule has 1 aliphatic carbocycles. The molecular weight excluding hydrogens is 569 g/mol. The van der Waals surface area contributed by atoms with Crippen molar-refractivity contribution in [2.75, 3.05) is 24.5 Å². The van der Waals surface area contributed by atoms with Crippen LogP contribution in [0.15, 0.2) is 95.4 Å². The number of aryl methyl sites for hydroxylation is 1. The average molecular weight is 604 g/mol. The van der Waals surface area contributed by atoms with E-state index in [0.717, 1.165) is 54.4 Å². The fraction of sp³-hybridized carbons (Fsp3) is 0.250. The number of carbonyl (C=O) groups excluding carboxylic acids is 1. The van der Waals surface area contributed by atoms with Gasteiger partial charge in [-0.1, -0.05) is 36.4 Å². The van der Waals surface area contributed by atoms with Crippen LogP contribution in [0, 0.1) is 0 Å². The second kappa shape index (κ2) is 11.5. The van der Waals surface area contributed by atoms with Crippen LogP contribution in [-0.2, 0) is 11.3 Å². The van der Waals surface area contributed by atoms with Crippen LogP contribution >= 0.6 is 0 Å². The lowest BCUT2D eigenvalue weighted by Crippen LogP contribution is -3.00. The van der Waals surface area contributed by atoms with E-state index in [0.29, 0.717) is 0 Å². The summed E-state index contributed by atoms with van der Waals surface area (Å²) in [6.45, 7) is 12.0. The van der Waals surface area contributed by atoms with Crippen molar-refractivity contribution in [2.45, 2.75) is 34.2 Å². The van der Waals surface area contributed by atoms with Gasteiger partial charge in [0.2, 0.25) is 11.2 Å². The van der Waals surface area contributed by atoms with Crippen molar-refractivity contribution in [3.05, 3.63) is 107 Å². The van der Waals surface area contributed by atoms with E-state index in [1.807, 2.05) is 0 Å². The number of rotatable bonds is 7. The van der Waals surface area contributed by atoms with Gasteiger partial charge in [0.05, 0.1) is 11.3 Å². The summed E-state index contributed by atoms with van der Waals surface area (Å²) in [5, 5.41) is 1.20. The van der Waals surface area contributed by atoms with Crippen LogP contribution in [0.3, 0.4) is 0 Å². The summed E-state index contributed by atoms with van der Waals surface area (Å²) in [5.74, 6) is 0.114. The lowest BCUT2D eigenvalue weighted by molar-refractivity contribution is -0.669. The number of Topliss-reactive ketones (excluding diaryl/α,β-unsaturated/α-hetero) is 1. The molecule has 3 aromatic rings. The Hall–Kier alpha value is -3.19. The zero-order chi connectivity index (χ0) is 25.2. The van der Waals surface area contributed by atoms with Gasteiger partial charge < -0.3 is 33.8 Å². The number of pyridine rings is 1. The Morgan fingerprint density at radius 1 is 0.865 bits per heavy atom. The molecule has 0 spiro atoms. The van der Waals surface area contributed by atoms with Crippen molar-refractivity contribution in [1.29, 1.82) is 0 Å². The maximum atomic E-state index is 13.6. The Labute approximate surface area is 237 Å². The molecule has 0 amide bonds. The number of para-hydroxylation sites is 2. The molecule has 0 N–H and O–H groups in total. The van der Waals surface area contributed by atoms with Crippen molar-refractivity contribution in [3.63, 3.8) is 0 Å². The number of halogens is 1. The quantitative estimate of drug-likeness (QED) is 0.236. The summed E-state index contributed by atoms with van der Waals surface area (Å²) in [7, 11) is 0. The number of carbonyl (C=O) groups is 1. The standard InChI is InChI=1S/C32H34N3O.HI/c1-5-33(6-2)31-27(21-25-19-17-23-13-9-11-15-29(23)34(25)7-3)32(36)28(31)22-26-20-18-24-14-10-12-16-30(24)35(26)8-4;/h9-22H,5-8H2,1-4H3;1H/q+1;/p-1. The van der Waals surface area contributed by atoms with Crippen molar-refractivity contribution in [2.24, 2.45) is 0 Å². The summed E-state index contributed by atoms with van der Waals surface area (Å²) in [4.78, 5) is 18.2. The number of ketones is 1. The van der Waals surface area contributed by atoms with E-state index < -0.39 is 0 Å². The van der Waals surface area contributed by atoms with E-state index >= 15 is 0 Å². The van der Waals surface area contributed by atoms with Gasteiger partial charge in [0.15, 0.2) is 5.78 Å². The average Bonchev–Trinajstić information content (AvgIpc) is 2.93. The third-order valence-electron chi connectivity index (χ3n) is 7.24.